The third-order valence-corrected chi connectivity index (χ3v) is 5.34. The van der Waals surface area contributed by atoms with Crippen LogP contribution in [0.25, 0.3) is 0 Å². The quantitative estimate of drug-likeness (QED) is 0.925. The van der Waals surface area contributed by atoms with Crippen molar-refractivity contribution >= 4 is 37.3 Å². The molecule has 0 aliphatic heterocycles. The Labute approximate surface area is 109 Å². The van der Waals surface area contributed by atoms with Crippen molar-refractivity contribution in [3.8, 4) is 0 Å². The van der Waals surface area contributed by atoms with Crippen molar-refractivity contribution < 1.29 is 8.42 Å². The zero-order chi connectivity index (χ0) is 12.4. The number of hydrogen-bond acceptors (Lipinski definition) is 3. The van der Waals surface area contributed by atoms with Gasteiger partial charge in [-0.1, -0.05) is 20.8 Å². The average Bonchev–Trinajstić information content (AvgIpc) is 2.49. The topological polar surface area (TPSA) is 46.2 Å². The fourth-order valence-corrected chi connectivity index (χ4v) is 3.99. The van der Waals surface area contributed by atoms with Crippen LogP contribution >= 0.6 is 27.3 Å². The lowest BCUT2D eigenvalue weighted by Gasteiger charge is -2.17. The monoisotopic (exact) mass is 324 g/mol. The molecule has 91 valence electrons. The Morgan fingerprint density at radius 3 is 2.50 bits per heavy atom. The number of hydrogen-bond donors (Lipinski definition) is 1. The summed E-state index contributed by atoms with van der Waals surface area (Å²) in [5, 5.41) is 0. The van der Waals surface area contributed by atoms with Crippen molar-refractivity contribution in [2.75, 3.05) is 6.54 Å². The van der Waals surface area contributed by atoms with E-state index >= 15 is 0 Å². The van der Waals surface area contributed by atoms with Gasteiger partial charge in [-0.2, -0.15) is 0 Å². The summed E-state index contributed by atoms with van der Waals surface area (Å²) in [6.45, 7) is 6.44. The summed E-state index contributed by atoms with van der Waals surface area (Å²) in [4.78, 5) is 0. The van der Waals surface area contributed by atoms with Crippen molar-refractivity contribution in [2.24, 2.45) is 5.41 Å². The van der Waals surface area contributed by atoms with E-state index in [1.54, 1.807) is 12.1 Å². The third-order valence-electron chi connectivity index (χ3n) is 1.80. The summed E-state index contributed by atoms with van der Waals surface area (Å²) < 4.78 is 27.3. The molecule has 0 saturated carbocycles. The molecular formula is C10H15BrNO2S2. The molecule has 1 radical (unpaired) electrons. The standard InChI is InChI=1S/C10H15BrNO2S2/c1-10(2,3)6-7-12-16(13,14)9-5-4-8(11)15-9/h4-6,12H,7H2,1-3H3. The van der Waals surface area contributed by atoms with Gasteiger partial charge in [0.2, 0.25) is 10.0 Å². The summed E-state index contributed by atoms with van der Waals surface area (Å²) in [5.74, 6) is 0. The highest BCUT2D eigenvalue weighted by Gasteiger charge is 2.17. The van der Waals surface area contributed by atoms with Crippen LogP contribution in [0.2, 0.25) is 0 Å². The molecule has 1 aromatic rings. The minimum Gasteiger partial charge on any atom is -0.210 e. The van der Waals surface area contributed by atoms with Crippen LogP contribution < -0.4 is 4.72 Å². The smallest absolute Gasteiger partial charge is 0.210 e. The lowest BCUT2D eigenvalue weighted by atomic mass is 9.93. The Hall–Kier alpha value is 0.0900. The van der Waals surface area contributed by atoms with Crippen molar-refractivity contribution in [3.63, 3.8) is 0 Å². The van der Waals surface area contributed by atoms with Gasteiger partial charge in [-0.05, 0) is 39.9 Å². The molecule has 0 aliphatic rings. The first kappa shape index (κ1) is 14.2. The van der Waals surface area contributed by atoms with Crippen LogP contribution in [0.4, 0.5) is 0 Å². The molecule has 1 rings (SSSR count). The second-order valence-corrected chi connectivity index (χ2v) is 8.94. The van der Waals surface area contributed by atoms with E-state index in [9.17, 15) is 8.42 Å². The first-order valence-corrected chi connectivity index (χ1v) is 7.89. The molecule has 0 atom stereocenters. The van der Waals surface area contributed by atoms with E-state index in [0.29, 0.717) is 10.8 Å². The summed E-state index contributed by atoms with van der Waals surface area (Å²) in [6, 6.07) is 3.32. The van der Waals surface area contributed by atoms with E-state index in [1.807, 2.05) is 27.2 Å². The number of halogens is 1. The molecule has 0 bridgehead atoms. The molecule has 0 spiro atoms. The van der Waals surface area contributed by atoms with E-state index in [2.05, 4.69) is 20.7 Å². The highest BCUT2D eigenvalue weighted by molar-refractivity contribution is 9.11. The molecule has 0 fully saturated rings. The van der Waals surface area contributed by atoms with Crippen LogP contribution in [0.1, 0.15) is 20.8 Å². The van der Waals surface area contributed by atoms with Crippen molar-refractivity contribution in [1.29, 1.82) is 0 Å². The van der Waals surface area contributed by atoms with Crippen LogP contribution in [-0.2, 0) is 10.0 Å². The fraction of sp³-hybridized carbons (Fsp3) is 0.500. The van der Waals surface area contributed by atoms with Gasteiger partial charge >= 0.3 is 0 Å². The van der Waals surface area contributed by atoms with Gasteiger partial charge in [-0.25, -0.2) is 13.1 Å². The lowest BCUT2D eigenvalue weighted by molar-refractivity contribution is 0.480. The summed E-state index contributed by atoms with van der Waals surface area (Å²) in [6.07, 6.45) is 1.94. The molecule has 3 nitrogen and oxygen atoms in total. The van der Waals surface area contributed by atoms with Crippen molar-refractivity contribution in [3.05, 3.63) is 22.3 Å². The van der Waals surface area contributed by atoms with Crippen LogP contribution in [0.5, 0.6) is 0 Å². The maximum atomic E-state index is 11.8. The molecule has 0 unspecified atom stereocenters. The molecule has 0 aromatic carbocycles. The van der Waals surface area contributed by atoms with E-state index < -0.39 is 10.0 Å². The van der Waals surface area contributed by atoms with Gasteiger partial charge < -0.3 is 0 Å². The molecule has 0 saturated heterocycles. The van der Waals surface area contributed by atoms with Gasteiger partial charge in [0.25, 0.3) is 0 Å². The number of thiophene rings is 1. The first-order chi connectivity index (χ1) is 7.21. The van der Waals surface area contributed by atoms with Gasteiger partial charge in [0.15, 0.2) is 0 Å². The third kappa shape index (κ3) is 4.53. The van der Waals surface area contributed by atoms with E-state index in [4.69, 9.17) is 0 Å². The maximum Gasteiger partial charge on any atom is 0.250 e. The summed E-state index contributed by atoms with van der Waals surface area (Å²) in [5.41, 5.74) is 0.0125. The zero-order valence-electron chi connectivity index (χ0n) is 9.45. The van der Waals surface area contributed by atoms with E-state index in [1.165, 1.54) is 11.3 Å². The van der Waals surface area contributed by atoms with Gasteiger partial charge in [-0.15, -0.1) is 11.3 Å². The van der Waals surface area contributed by atoms with Crippen molar-refractivity contribution in [2.45, 2.75) is 25.0 Å². The molecule has 0 amide bonds. The van der Waals surface area contributed by atoms with Gasteiger partial charge in [0.1, 0.15) is 4.21 Å². The molecule has 0 aliphatic carbocycles. The first-order valence-electron chi connectivity index (χ1n) is 4.80. The van der Waals surface area contributed by atoms with Crippen molar-refractivity contribution in [1.82, 2.24) is 4.72 Å². The normalized spacial score (nSPS) is 13.0. The highest BCUT2D eigenvalue weighted by Crippen LogP contribution is 2.26. The second-order valence-electron chi connectivity index (χ2n) is 4.48. The predicted molar refractivity (Wildman–Crippen MR) is 71.0 cm³/mol. The maximum absolute atomic E-state index is 11.8. The zero-order valence-corrected chi connectivity index (χ0v) is 12.7. The van der Waals surface area contributed by atoms with E-state index in [0.717, 1.165) is 3.79 Å². The minimum atomic E-state index is -3.35. The molecule has 1 aromatic heterocycles. The van der Waals surface area contributed by atoms with E-state index in [-0.39, 0.29) is 5.41 Å². The number of nitrogens with one attached hydrogen (secondary N) is 1. The Morgan fingerprint density at radius 1 is 1.44 bits per heavy atom. The predicted octanol–water partition coefficient (Wildman–Crippen LogP) is 3.04. The van der Waals surface area contributed by atoms with Crippen LogP contribution in [0.3, 0.4) is 0 Å². The Bertz CT molecular complexity index is 446. The van der Waals surface area contributed by atoms with Crippen LogP contribution in [0, 0.1) is 11.8 Å². The van der Waals surface area contributed by atoms with Crippen LogP contribution in [0.15, 0.2) is 20.1 Å². The fourth-order valence-electron chi connectivity index (χ4n) is 0.971. The number of sulfonamides is 1. The molecule has 6 heteroatoms. The largest absolute Gasteiger partial charge is 0.250 e. The highest BCUT2D eigenvalue weighted by atomic mass is 79.9. The second kappa shape index (κ2) is 5.16. The Balaban J connectivity index is 2.60. The minimum absolute atomic E-state index is 0.0125. The van der Waals surface area contributed by atoms with Crippen LogP contribution in [-0.4, -0.2) is 15.0 Å². The van der Waals surface area contributed by atoms with Gasteiger partial charge in [-0.3, -0.25) is 0 Å². The SMILES string of the molecule is CC(C)(C)[CH]CNS(=O)(=O)c1ccc(Br)s1. The molecule has 1 N–H and O–H groups in total. The summed E-state index contributed by atoms with van der Waals surface area (Å²) >= 11 is 4.45. The Kier molecular flexibility index (Phi) is 4.57. The number of rotatable bonds is 4. The Morgan fingerprint density at radius 2 is 2.06 bits per heavy atom. The summed E-state index contributed by atoms with van der Waals surface area (Å²) in [7, 11) is -3.35. The van der Waals surface area contributed by atoms with Gasteiger partial charge in [0.05, 0.1) is 3.79 Å². The average molecular weight is 325 g/mol. The van der Waals surface area contributed by atoms with Gasteiger partial charge in [0, 0.05) is 6.54 Å². The molecule has 16 heavy (non-hydrogen) atoms. The molecular weight excluding hydrogens is 310 g/mol. The lowest BCUT2D eigenvalue weighted by Crippen LogP contribution is -2.27. The molecule has 1 heterocycles.